The zero-order valence-corrected chi connectivity index (χ0v) is 35.7. The number of rotatable bonds is 8. The lowest BCUT2D eigenvalue weighted by Crippen LogP contribution is -2.14. The second-order valence-electron chi connectivity index (χ2n) is 17.9. The van der Waals surface area contributed by atoms with E-state index >= 15 is 0 Å². The Morgan fingerprint density at radius 3 is 1.58 bits per heavy atom. The van der Waals surface area contributed by atoms with Crippen LogP contribution in [0.2, 0.25) is 0 Å². The predicted molar refractivity (Wildman–Crippen MR) is 264 cm³/mol. The standard InChI is InChI=1S/C61H51N/c1-61(2)56-27-11-9-23-55(56)60-52(25-15-28-57(60)61)47-36-40-50(41-37-47)62(49-38-34-45(35-39-49)44-32-30-43(31-33-44)42-16-5-3-6-17-42)58-29-12-10-22-53(58)54-26-14-21-48-20-13-24-51(59(48)54)46-18-7-4-8-19-46/h3,5-6,9-17,20-41,46H,4,7-8,18-19H2,1-2H3. The van der Waals surface area contributed by atoms with Gasteiger partial charge in [0.05, 0.1) is 5.69 Å². The van der Waals surface area contributed by atoms with Crippen LogP contribution in [0.4, 0.5) is 17.1 Å². The van der Waals surface area contributed by atoms with Gasteiger partial charge in [0.2, 0.25) is 0 Å². The summed E-state index contributed by atoms with van der Waals surface area (Å²) < 4.78 is 0. The summed E-state index contributed by atoms with van der Waals surface area (Å²) in [6.45, 7) is 4.72. The van der Waals surface area contributed by atoms with E-state index in [0.29, 0.717) is 5.92 Å². The molecule has 0 aliphatic heterocycles. The molecule has 0 bridgehead atoms. The molecule has 1 fully saturated rings. The topological polar surface area (TPSA) is 3.24 Å². The third-order valence-corrected chi connectivity index (χ3v) is 13.9. The van der Waals surface area contributed by atoms with Gasteiger partial charge in [-0.2, -0.15) is 0 Å². The maximum absolute atomic E-state index is 2.47. The van der Waals surface area contributed by atoms with Crippen molar-refractivity contribution in [3.63, 3.8) is 0 Å². The van der Waals surface area contributed by atoms with Crippen LogP contribution >= 0.6 is 0 Å². The van der Waals surface area contributed by atoms with Crippen LogP contribution in [0.5, 0.6) is 0 Å². The lowest BCUT2D eigenvalue weighted by molar-refractivity contribution is 0.445. The van der Waals surface area contributed by atoms with Crippen LogP contribution < -0.4 is 4.90 Å². The van der Waals surface area contributed by atoms with Crippen molar-refractivity contribution in [1.82, 2.24) is 0 Å². The maximum atomic E-state index is 2.47. The highest BCUT2D eigenvalue weighted by Gasteiger charge is 2.36. The summed E-state index contributed by atoms with van der Waals surface area (Å²) in [6, 6.07) is 76.8. The molecule has 0 atom stereocenters. The number of benzene rings is 9. The minimum Gasteiger partial charge on any atom is -0.310 e. The molecule has 1 nitrogen and oxygen atoms in total. The molecule has 2 aliphatic carbocycles. The quantitative estimate of drug-likeness (QED) is 0.148. The van der Waals surface area contributed by atoms with Crippen molar-refractivity contribution < 1.29 is 0 Å². The molecule has 1 saturated carbocycles. The molecule has 9 aromatic carbocycles. The zero-order valence-electron chi connectivity index (χ0n) is 35.7. The fraction of sp³-hybridized carbons (Fsp3) is 0.148. The summed E-state index contributed by atoms with van der Waals surface area (Å²) >= 11 is 0. The Bertz CT molecular complexity index is 3030. The second-order valence-corrected chi connectivity index (χ2v) is 17.9. The van der Waals surface area contributed by atoms with Gasteiger partial charge in [-0.15, -0.1) is 0 Å². The molecule has 0 N–H and O–H groups in total. The molecule has 0 amide bonds. The van der Waals surface area contributed by atoms with Gasteiger partial charge in [-0.3, -0.25) is 0 Å². The Morgan fingerprint density at radius 2 is 0.887 bits per heavy atom. The van der Waals surface area contributed by atoms with Crippen LogP contribution in [-0.4, -0.2) is 0 Å². The van der Waals surface area contributed by atoms with Crippen molar-refractivity contribution in [2.45, 2.75) is 57.3 Å². The number of anilines is 3. The van der Waals surface area contributed by atoms with Gasteiger partial charge >= 0.3 is 0 Å². The smallest absolute Gasteiger partial charge is 0.0540 e. The average molecular weight is 798 g/mol. The van der Waals surface area contributed by atoms with Gasteiger partial charge in [0.1, 0.15) is 0 Å². The summed E-state index contributed by atoms with van der Waals surface area (Å²) in [7, 11) is 0. The first kappa shape index (κ1) is 38.0. The lowest BCUT2D eigenvalue weighted by atomic mass is 9.80. The van der Waals surface area contributed by atoms with Crippen molar-refractivity contribution in [2.75, 3.05) is 4.90 Å². The van der Waals surface area contributed by atoms with Gasteiger partial charge in [-0.05, 0) is 127 Å². The van der Waals surface area contributed by atoms with Crippen LogP contribution in [0, 0.1) is 0 Å². The average Bonchev–Trinajstić information content (AvgIpc) is 3.58. The first-order valence-electron chi connectivity index (χ1n) is 22.5. The minimum absolute atomic E-state index is 0.0447. The van der Waals surface area contributed by atoms with E-state index in [1.807, 2.05) is 0 Å². The summed E-state index contributed by atoms with van der Waals surface area (Å²) in [6.07, 6.45) is 6.51. The Kier molecular flexibility index (Phi) is 9.69. The molecular weight excluding hydrogens is 747 g/mol. The van der Waals surface area contributed by atoms with Crippen molar-refractivity contribution in [2.24, 2.45) is 0 Å². The molecule has 11 rings (SSSR count). The lowest BCUT2D eigenvalue weighted by Gasteiger charge is -2.29. The molecule has 9 aromatic rings. The minimum atomic E-state index is -0.0447. The van der Waals surface area contributed by atoms with Crippen LogP contribution in [0.3, 0.4) is 0 Å². The fourth-order valence-corrected chi connectivity index (χ4v) is 10.7. The molecule has 0 radical (unpaired) electrons. The molecule has 62 heavy (non-hydrogen) atoms. The van der Waals surface area contributed by atoms with Gasteiger partial charge in [-0.1, -0.05) is 209 Å². The van der Waals surface area contributed by atoms with E-state index < -0.39 is 0 Å². The predicted octanol–water partition coefficient (Wildman–Crippen LogP) is 17.3. The number of fused-ring (bicyclic) bond motifs is 4. The summed E-state index contributed by atoms with van der Waals surface area (Å²) in [5.74, 6) is 0.593. The largest absolute Gasteiger partial charge is 0.310 e. The number of hydrogen-bond acceptors (Lipinski definition) is 1. The van der Waals surface area contributed by atoms with E-state index in [4.69, 9.17) is 0 Å². The van der Waals surface area contributed by atoms with E-state index in [-0.39, 0.29) is 5.41 Å². The molecule has 0 aromatic heterocycles. The Hall–Kier alpha value is -6.96. The van der Waals surface area contributed by atoms with Gasteiger partial charge in [0.25, 0.3) is 0 Å². The number of para-hydroxylation sites is 1. The van der Waals surface area contributed by atoms with Crippen molar-refractivity contribution in [1.29, 1.82) is 0 Å². The third-order valence-electron chi connectivity index (χ3n) is 13.9. The molecule has 300 valence electrons. The van der Waals surface area contributed by atoms with E-state index in [2.05, 4.69) is 225 Å². The number of nitrogens with zero attached hydrogens (tertiary/aromatic N) is 1. The highest BCUT2D eigenvalue weighted by Crippen LogP contribution is 2.52. The maximum Gasteiger partial charge on any atom is 0.0540 e. The highest BCUT2D eigenvalue weighted by atomic mass is 15.1. The molecular formula is C61H51N. The van der Waals surface area contributed by atoms with Gasteiger partial charge in [0.15, 0.2) is 0 Å². The molecule has 0 spiro atoms. The molecule has 0 unspecified atom stereocenters. The van der Waals surface area contributed by atoms with E-state index in [1.54, 1.807) is 0 Å². The fourth-order valence-electron chi connectivity index (χ4n) is 10.7. The highest BCUT2D eigenvalue weighted by molar-refractivity contribution is 6.03. The van der Waals surface area contributed by atoms with E-state index in [1.165, 1.54) is 121 Å². The zero-order chi connectivity index (χ0) is 41.6. The van der Waals surface area contributed by atoms with E-state index in [9.17, 15) is 0 Å². The Balaban J connectivity index is 1.04. The van der Waals surface area contributed by atoms with Gasteiger partial charge < -0.3 is 4.90 Å². The molecule has 0 heterocycles. The first-order chi connectivity index (χ1) is 30.5. The molecule has 1 heteroatoms. The van der Waals surface area contributed by atoms with Crippen molar-refractivity contribution in [3.8, 4) is 55.6 Å². The summed E-state index contributed by atoms with van der Waals surface area (Å²) in [5, 5.41) is 2.72. The van der Waals surface area contributed by atoms with Crippen molar-refractivity contribution in [3.05, 3.63) is 223 Å². The van der Waals surface area contributed by atoms with E-state index in [0.717, 1.165) is 11.4 Å². The van der Waals surface area contributed by atoms with Crippen LogP contribution in [0.1, 0.15) is 68.6 Å². The van der Waals surface area contributed by atoms with Gasteiger partial charge in [-0.25, -0.2) is 0 Å². The van der Waals surface area contributed by atoms with Crippen LogP contribution in [0.15, 0.2) is 206 Å². The van der Waals surface area contributed by atoms with Gasteiger partial charge in [0, 0.05) is 22.4 Å². The third kappa shape index (κ3) is 6.64. The Morgan fingerprint density at radius 1 is 0.387 bits per heavy atom. The monoisotopic (exact) mass is 797 g/mol. The Labute approximate surface area is 367 Å². The molecule has 0 saturated heterocycles. The first-order valence-corrected chi connectivity index (χ1v) is 22.5. The summed E-state index contributed by atoms with van der Waals surface area (Å²) in [5.41, 5.74) is 20.3. The summed E-state index contributed by atoms with van der Waals surface area (Å²) in [4.78, 5) is 2.47. The molecule has 2 aliphatic rings. The van der Waals surface area contributed by atoms with Crippen molar-refractivity contribution >= 4 is 27.8 Å². The number of hydrogen-bond donors (Lipinski definition) is 0. The SMILES string of the molecule is CC1(C)c2ccccc2-c2c(-c3ccc(N(c4ccc(-c5ccc(-c6ccccc6)cc5)cc4)c4ccccc4-c4cccc5cccc(C6CCCCC6)c45)cc3)cccc21. The second kappa shape index (κ2) is 15.8. The van der Waals surface area contributed by atoms with Crippen LogP contribution in [-0.2, 0) is 5.41 Å². The van der Waals surface area contributed by atoms with Crippen LogP contribution in [0.25, 0.3) is 66.4 Å². The normalized spacial score (nSPS) is 14.4.